The molecule has 0 radical (unpaired) electrons. The first kappa shape index (κ1) is 25.2. The molecule has 0 saturated heterocycles. The van der Waals surface area contributed by atoms with Crippen LogP contribution in [0.3, 0.4) is 0 Å². The predicted molar refractivity (Wildman–Crippen MR) is 123 cm³/mol. The largest absolute Gasteiger partial charge is 0.423 e. The quantitative estimate of drug-likeness (QED) is 0.237. The van der Waals surface area contributed by atoms with E-state index in [2.05, 4.69) is 6.92 Å². The molecule has 0 N–H and O–H groups in total. The lowest BCUT2D eigenvalue weighted by molar-refractivity contribution is 0.0732. The molecule has 2 saturated carbocycles. The van der Waals surface area contributed by atoms with Crippen LogP contribution in [0.5, 0.6) is 5.75 Å². The van der Waals surface area contributed by atoms with Gasteiger partial charge in [0.2, 0.25) is 0 Å². The Bertz CT molecular complexity index is 1100. The fraction of sp³-hybridized carbons (Fsp3) is 0.500. The van der Waals surface area contributed by atoms with Gasteiger partial charge >= 0.3 is 5.97 Å². The third kappa shape index (κ3) is 5.52. The molecule has 186 valence electrons. The summed E-state index contributed by atoms with van der Waals surface area (Å²) in [5, 5.41) is 8.73. The molecule has 4 atom stereocenters. The van der Waals surface area contributed by atoms with Gasteiger partial charge in [0.15, 0.2) is 0 Å². The highest BCUT2D eigenvalue weighted by Crippen LogP contribution is 2.49. The van der Waals surface area contributed by atoms with E-state index in [1.807, 2.05) is 0 Å². The van der Waals surface area contributed by atoms with Crippen molar-refractivity contribution in [2.75, 3.05) is 0 Å². The Hall–Kier alpha value is -2.88. The predicted octanol–water partition coefficient (Wildman–Crippen LogP) is 7.82. The number of halogens is 4. The summed E-state index contributed by atoms with van der Waals surface area (Å²) in [6.07, 6.45) is 9.63. The second-order valence-electron chi connectivity index (χ2n) is 9.97. The number of nitriles is 1. The number of hydrogen-bond acceptors (Lipinski definition) is 3. The van der Waals surface area contributed by atoms with Gasteiger partial charge in [0.05, 0.1) is 5.56 Å². The third-order valence-corrected chi connectivity index (χ3v) is 7.75. The van der Waals surface area contributed by atoms with Gasteiger partial charge in [-0.05, 0) is 67.9 Å². The second-order valence-corrected chi connectivity index (χ2v) is 9.97. The van der Waals surface area contributed by atoms with E-state index in [4.69, 9.17) is 10.00 Å². The highest BCUT2D eigenvalue weighted by molar-refractivity contribution is 5.91. The number of unbranched alkanes of at least 4 members (excludes halogenated alkanes) is 1. The van der Waals surface area contributed by atoms with E-state index < -0.39 is 40.6 Å². The van der Waals surface area contributed by atoms with Crippen molar-refractivity contribution in [2.45, 2.75) is 70.6 Å². The lowest BCUT2D eigenvalue weighted by Crippen LogP contribution is -2.31. The zero-order valence-corrected chi connectivity index (χ0v) is 19.8. The fourth-order valence-corrected chi connectivity index (χ4v) is 5.98. The van der Waals surface area contributed by atoms with Crippen molar-refractivity contribution in [3.05, 3.63) is 64.2 Å². The van der Waals surface area contributed by atoms with Gasteiger partial charge in [0.25, 0.3) is 0 Å². The number of fused-ring (bicyclic) bond motifs is 1. The van der Waals surface area contributed by atoms with Crippen molar-refractivity contribution in [1.29, 1.82) is 5.26 Å². The Morgan fingerprint density at radius 2 is 1.57 bits per heavy atom. The van der Waals surface area contributed by atoms with E-state index in [9.17, 15) is 13.6 Å². The summed E-state index contributed by atoms with van der Waals surface area (Å²) < 4.78 is 62.5. The molecule has 4 rings (SSSR count). The Kier molecular flexibility index (Phi) is 7.78. The van der Waals surface area contributed by atoms with E-state index in [0.29, 0.717) is 30.4 Å². The summed E-state index contributed by atoms with van der Waals surface area (Å²) in [7, 11) is 0. The van der Waals surface area contributed by atoms with Crippen molar-refractivity contribution >= 4 is 5.97 Å². The van der Waals surface area contributed by atoms with Crippen molar-refractivity contribution in [3.8, 4) is 11.8 Å². The molecular formula is C28H29F4NO2. The van der Waals surface area contributed by atoms with Crippen molar-refractivity contribution in [3.63, 3.8) is 0 Å². The molecule has 0 aliphatic heterocycles. The Morgan fingerprint density at radius 3 is 2.20 bits per heavy atom. The zero-order chi connectivity index (χ0) is 25.1. The average Bonchev–Trinajstić information content (AvgIpc) is 2.82. The van der Waals surface area contributed by atoms with Crippen molar-refractivity contribution < 1.29 is 27.1 Å². The average molecular weight is 488 g/mol. The van der Waals surface area contributed by atoms with E-state index in [-0.39, 0.29) is 17.0 Å². The molecule has 0 bridgehead atoms. The van der Waals surface area contributed by atoms with Crippen LogP contribution in [0.2, 0.25) is 0 Å². The summed E-state index contributed by atoms with van der Waals surface area (Å²) in [4.78, 5) is 12.4. The first-order valence-corrected chi connectivity index (χ1v) is 12.4. The topological polar surface area (TPSA) is 50.1 Å². The first-order valence-electron chi connectivity index (χ1n) is 12.4. The van der Waals surface area contributed by atoms with Gasteiger partial charge in [-0.25, -0.2) is 22.4 Å². The van der Waals surface area contributed by atoms with E-state index in [0.717, 1.165) is 37.3 Å². The van der Waals surface area contributed by atoms with Gasteiger partial charge in [0, 0.05) is 17.7 Å². The molecule has 2 aliphatic rings. The number of benzene rings is 2. The minimum atomic E-state index is -1.20. The fourth-order valence-electron chi connectivity index (χ4n) is 5.98. The van der Waals surface area contributed by atoms with Crippen LogP contribution in [0, 0.1) is 52.4 Å². The number of ether oxygens (including phenoxy) is 1. The summed E-state index contributed by atoms with van der Waals surface area (Å²) in [6.45, 7) is 2.21. The summed E-state index contributed by atoms with van der Waals surface area (Å²) in [5.74, 6) is -4.04. The summed E-state index contributed by atoms with van der Waals surface area (Å²) >= 11 is 0. The minimum absolute atomic E-state index is 0.00330. The third-order valence-electron chi connectivity index (χ3n) is 7.75. The van der Waals surface area contributed by atoms with Gasteiger partial charge in [-0.15, -0.1) is 0 Å². The number of rotatable bonds is 6. The standard InChI is InChI=1S/C28H29F4NO2/c1-2-3-4-16-5-6-18-10-19(8-7-17(18)9-16)27-25(31)11-20(12-26(27)32)28(34)35-21-13-23(29)22(15-33)24(30)14-21/h11-14,16-19H,2-10H2,1H3. The van der Waals surface area contributed by atoms with Crippen molar-refractivity contribution in [1.82, 2.24) is 0 Å². The molecule has 0 heterocycles. The number of carbonyl (C=O) groups excluding carboxylic acids is 1. The maximum atomic E-state index is 15.0. The monoisotopic (exact) mass is 487 g/mol. The van der Waals surface area contributed by atoms with Gasteiger partial charge in [-0.3, -0.25) is 0 Å². The molecule has 0 aromatic heterocycles. The molecule has 3 nitrogen and oxygen atoms in total. The highest BCUT2D eigenvalue weighted by atomic mass is 19.1. The molecule has 2 aromatic rings. The molecule has 4 unspecified atom stereocenters. The Labute approximate surface area is 203 Å². The maximum Gasteiger partial charge on any atom is 0.343 e. The highest BCUT2D eigenvalue weighted by Gasteiger charge is 2.37. The maximum absolute atomic E-state index is 15.0. The lowest BCUT2D eigenvalue weighted by atomic mass is 9.63. The van der Waals surface area contributed by atoms with Crippen LogP contribution in [-0.4, -0.2) is 5.97 Å². The number of nitrogens with zero attached hydrogens (tertiary/aromatic N) is 1. The molecule has 0 spiro atoms. The normalized spacial score (nSPS) is 23.9. The summed E-state index contributed by atoms with van der Waals surface area (Å²) in [5.41, 5.74) is -1.20. The van der Waals surface area contributed by atoms with Gasteiger partial charge in [-0.2, -0.15) is 5.26 Å². The van der Waals surface area contributed by atoms with Crippen LogP contribution in [-0.2, 0) is 0 Å². The van der Waals surface area contributed by atoms with Crippen LogP contribution in [0.1, 0.15) is 92.1 Å². The Morgan fingerprint density at radius 1 is 0.943 bits per heavy atom. The molecule has 35 heavy (non-hydrogen) atoms. The first-order chi connectivity index (χ1) is 16.8. The molecule has 2 aliphatic carbocycles. The number of esters is 1. The van der Waals surface area contributed by atoms with Gasteiger partial charge < -0.3 is 4.74 Å². The second kappa shape index (κ2) is 10.8. The SMILES string of the molecule is CCCCC1CCC2CC(c3c(F)cc(C(=O)Oc4cc(F)c(C#N)c(F)c4)cc3F)CCC2C1. The molecule has 2 fully saturated rings. The smallest absolute Gasteiger partial charge is 0.343 e. The van der Waals surface area contributed by atoms with E-state index >= 15 is 8.78 Å². The molecule has 7 heteroatoms. The molecule has 0 amide bonds. The molecular weight excluding hydrogens is 458 g/mol. The number of hydrogen-bond donors (Lipinski definition) is 0. The van der Waals surface area contributed by atoms with Crippen LogP contribution in [0.15, 0.2) is 24.3 Å². The van der Waals surface area contributed by atoms with Gasteiger partial charge in [0.1, 0.15) is 40.7 Å². The summed E-state index contributed by atoms with van der Waals surface area (Å²) in [6, 6.07) is 4.56. The van der Waals surface area contributed by atoms with Gasteiger partial charge in [-0.1, -0.05) is 32.6 Å². The van der Waals surface area contributed by atoms with E-state index in [1.165, 1.54) is 38.2 Å². The van der Waals surface area contributed by atoms with E-state index in [1.54, 1.807) is 0 Å². The number of carbonyl (C=O) groups is 1. The Balaban J connectivity index is 1.45. The van der Waals surface area contributed by atoms with Crippen LogP contribution in [0.25, 0.3) is 0 Å². The van der Waals surface area contributed by atoms with Crippen LogP contribution < -0.4 is 4.74 Å². The van der Waals surface area contributed by atoms with Crippen molar-refractivity contribution in [2.24, 2.45) is 17.8 Å². The van der Waals surface area contributed by atoms with Crippen LogP contribution >= 0.6 is 0 Å². The lowest BCUT2D eigenvalue weighted by Gasteiger charge is -2.42. The minimum Gasteiger partial charge on any atom is -0.423 e. The zero-order valence-electron chi connectivity index (χ0n) is 19.8. The molecule has 2 aromatic carbocycles. The van der Waals surface area contributed by atoms with Crippen LogP contribution in [0.4, 0.5) is 17.6 Å².